The van der Waals surface area contributed by atoms with Crippen LogP contribution in [-0.2, 0) is 11.9 Å². The molecular formula is C16H13BrFNO. The summed E-state index contributed by atoms with van der Waals surface area (Å²) in [6, 6.07) is 12.2. The van der Waals surface area contributed by atoms with Crippen LogP contribution in [0.1, 0.15) is 22.3 Å². The van der Waals surface area contributed by atoms with Gasteiger partial charge in [0, 0.05) is 10.9 Å². The summed E-state index contributed by atoms with van der Waals surface area (Å²) in [6.07, 6.45) is 0. The van der Waals surface area contributed by atoms with Crippen LogP contribution in [-0.4, -0.2) is 0 Å². The van der Waals surface area contributed by atoms with E-state index in [9.17, 15) is 4.39 Å². The Hall–Kier alpha value is -1.86. The zero-order valence-electron chi connectivity index (χ0n) is 11.0. The minimum Gasteiger partial charge on any atom is -0.488 e. The summed E-state index contributed by atoms with van der Waals surface area (Å²) in [5.74, 6) is 0.320. The molecule has 20 heavy (non-hydrogen) atoms. The number of hydrogen-bond acceptors (Lipinski definition) is 2. The molecule has 2 aromatic rings. The van der Waals surface area contributed by atoms with Gasteiger partial charge in [-0.05, 0) is 30.2 Å². The molecular weight excluding hydrogens is 321 g/mol. The highest BCUT2D eigenvalue weighted by molar-refractivity contribution is 9.08. The van der Waals surface area contributed by atoms with E-state index in [-0.39, 0.29) is 5.56 Å². The van der Waals surface area contributed by atoms with Crippen molar-refractivity contribution in [2.45, 2.75) is 18.9 Å². The average Bonchev–Trinajstić information content (AvgIpc) is 2.47. The fourth-order valence-electron chi connectivity index (χ4n) is 1.93. The molecule has 0 fully saturated rings. The zero-order valence-corrected chi connectivity index (χ0v) is 12.6. The standard InChI is InChI=1S/C16H13BrFNO/c1-11-3-2-4-13(8-17)16(11)20-10-12-5-6-15(18)14(7-12)9-19/h2-7H,8,10H2,1H3. The second kappa shape index (κ2) is 6.53. The van der Waals surface area contributed by atoms with Gasteiger partial charge in [-0.15, -0.1) is 0 Å². The molecule has 0 saturated carbocycles. The van der Waals surface area contributed by atoms with Crippen LogP contribution in [0, 0.1) is 24.1 Å². The molecule has 0 heterocycles. The molecule has 0 amide bonds. The van der Waals surface area contributed by atoms with Gasteiger partial charge >= 0.3 is 0 Å². The van der Waals surface area contributed by atoms with Crippen LogP contribution in [0.2, 0.25) is 0 Å². The van der Waals surface area contributed by atoms with Crippen LogP contribution in [0.4, 0.5) is 4.39 Å². The lowest BCUT2D eigenvalue weighted by Crippen LogP contribution is -2.00. The number of benzene rings is 2. The highest BCUT2D eigenvalue weighted by Crippen LogP contribution is 2.26. The molecule has 0 N–H and O–H groups in total. The molecule has 0 aromatic heterocycles. The smallest absolute Gasteiger partial charge is 0.140 e. The third-order valence-corrected chi connectivity index (χ3v) is 3.58. The molecule has 102 valence electrons. The lowest BCUT2D eigenvalue weighted by molar-refractivity contribution is 0.301. The van der Waals surface area contributed by atoms with Gasteiger partial charge in [-0.2, -0.15) is 5.26 Å². The third kappa shape index (κ3) is 3.17. The number of alkyl halides is 1. The summed E-state index contributed by atoms with van der Waals surface area (Å²) >= 11 is 3.43. The van der Waals surface area contributed by atoms with E-state index in [4.69, 9.17) is 10.00 Å². The van der Waals surface area contributed by atoms with Crippen molar-refractivity contribution >= 4 is 15.9 Å². The Labute approximate surface area is 125 Å². The molecule has 4 heteroatoms. The third-order valence-electron chi connectivity index (χ3n) is 2.97. The first kappa shape index (κ1) is 14.5. The number of halogens is 2. The van der Waals surface area contributed by atoms with Crippen molar-refractivity contribution in [2.75, 3.05) is 0 Å². The number of para-hydroxylation sites is 1. The summed E-state index contributed by atoms with van der Waals surface area (Å²) in [4.78, 5) is 0. The Bertz CT molecular complexity index is 664. The Morgan fingerprint density at radius 1 is 1.30 bits per heavy atom. The first-order valence-electron chi connectivity index (χ1n) is 6.11. The van der Waals surface area contributed by atoms with E-state index in [1.54, 1.807) is 6.07 Å². The summed E-state index contributed by atoms with van der Waals surface area (Å²) in [5.41, 5.74) is 2.92. The Balaban J connectivity index is 2.19. The quantitative estimate of drug-likeness (QED) is 0.773. The molecule has 0 aliphatic rings. The van der Waals surface area contributed by atoms with E-state index in [1.807, 2.05) is 31.2 Å². The molecule has 0 aliphatic carbocycles. The largest absolute Gasteiger partial charge is 0.488 e. The van der Waals surface area contributed by atoms with Crippen LogP contribution in [0.15, 0.2) is 36.4 Å². The van der Waals surface area contributed by atoms with Crippen molar-refractivity contribution in [3.63, 3.8) is 0 Å². The number of aryl methyl sites for hydroxylation is 1. The highest BCUT2D eigenvalue weighted by atomic mass is 79.9. The van der Waals surface area contributed by atoms with E-state index in [1.165, 1.54) is 12.1 Å². The van der Waals surface area contributed by atoms with Crippen molar-refractivity contribution < 1.29 is 9.13 Å². The summed E-state index contributed by atoms with van der Waals surface area (Å²) < 4.78 is 19.1. The van der Waals surface area contributed by atoms with Crippen molar-refractivity contribution in [1.82, 2.24) is 0 Å². The van der Waals surface area contributed by atoms with Gasteiger partial charge in [0.05, 0.1) is 5.56 Å². The Morgan fingerprint density at radius 2 is 2.10 bits per heavy atom. The minimum atomic E-state index is -0.506. The van der Waals surface area contributed by atoms with Gasteiger partial charge in [-0.1, -0.05) is 40.2 Å². The maximum Gasteiger partial charge on any atom is 0.140 e. The van der Waals surface area contributed by atoms with E-state index < -0.39 is 5.82 Å². The topological polar surface area (TPSA) is 33.0 Å². The number of rotatable bonds is 4. The molecule has 0 unspecified atom stereocenters. The lowest BCUT2D eigenvalue weighted by atomic mass is 10.1. The first-order chi connectivity index (χ1) is 9.65. The lowest BCUT2D eigenvalue weighted by Gasteiger charge is -2.13. The van der Waals surface area contributed by atoms with Crippen LogP contribution in [0.3, 0.4) is 0 Å². The van der Waals surface area contributed by atoms with Crippen LogP contribution in [0.5, 0.6) is 5.75 Å². The normalized spacial score (nSPS) is 10.1. The van der Waals surface area contributed by atoms with Gasteiger partial charge in [-0.25, -0.2) is 4.39 Å². The number of ether oxygens (including phenoxy) is 1. The molecule has 0 radical (unpaired) electrons. The minimum absolute atomic E-state index is 0.0385. The SMILES string of the molecule is Cc1cccc(CBr)c1OCc1ccc(F)c(C#N)c1. The van der Waals surface area contributed by atoms with Crippen molar-refractivity contribution in [1.29, 1.82) is 5.26 Å². The second-order valence-electron chi connectivity index (χ2n) is 4.41. The first-order valence-corrected chi connectivity index (χ1v) is 7.23. The predicted molar refractivity (Wildman–Crippen MR) is 79.3 cm³/mol. The summed E-state index contributed by atoms with van der Waals surface area (Å²) in [5, 5.41) is 9.52. The Kier molecular flexibility index (Phi) is 4.75. The maximum atomic E-state index is 13.2. The average molecular weight is 334 g/mol. The second-order valence-corrected chi connectivity index (χ2v) is 4.97. The molecule has 2 aromatic carbocycles. The van der Waals surface area contributed by atoms with Crippen molar-refractivity contribution in [3.8, 4) is 11.8 Å². The molecule has 0 spiro atoms. The van der Waals surface area contributed by atoms with Gasteiger partial charge in [0.1, 0.15) is 24.2 Å². The van der Waals surface area contributed by atoms with Gasteiger partial charge in [0.25, 0.3) is 0 Å². The van der Waals surface area contributed by atoms with Crippen LogP contribution < -0.4 is 4.74 Å². The molecule has 0 saturated heterocycles. The van der Waals surface area contributed by atoms with Gasteiger partial charge in [0.2, 0.25) is 0 Å². The van der Waals surface area contributed by atoms with Crippen molar-refractivity contribution in [3.05, 3.63) is 64.5 Å². The molecule has 2 nitrogen and oxygen atoms in total. The highest BCUT2D eigenvalue weighted by Gasteiger charge is 2.08. The summed E-state index contributed by atoms with van der Waals surface area (Å²) in [6.45, 7) is 2.28. The van der Waals surface area contributed by atoms with Crippen LogP contribution >= 0.6 is 15.9 Å². The monoisotopic (exact) mass is 333 g/mol. The zero-order chi connectivity index (χ0) is 14.5. The summed E-state index contributed by atoms with van der Waals surface area (Å²) in [7, 11) is 0. The fourth-order valence-corrected chi connectivity index (χ4v) is 2.37. The van der Waals surface area contributed by atoms with E-state index in [0.717, 1.165) is 22.4 Å². The number of nitriles is 1. The predicted octanol–water partition coefficient (Wildman–Crippen LogP) is 4.48. The van der Waals surface area contributed by atoms with Gasteiger partial charge < -0.3 is 4.74 Å². The van der Waals surface area contributed by atoms with Crippen molar-refractivity contribution in [2.24, 2.45) is 0 Å². The fraction of sp³-hybridized carbons (Fsp3) is 0.188. The van der Waals surface area contributed by atoms with E-state index >= 15 is 0 Å². The molecule has 0 bridgehead atoms. The molecule has 0 atom stereocenters. The van der Waals surface area contributed by atoms with Gasteiger partial charge in [-0.3, -0.25) is 0 Å². The molecule has 0 aliphatic heterocycles. The van der Waals surface area contributed by atoms with Crippen LogP contribution in [0.25, 0.3) is 0 Å². The Morgan fingerprint density at radius 3 is 2.80 bits per heavy atom. The number of hydrogen-bond donors (Lipinski definition) is 0. The number of nitrogens with zero attached hydrogens (tertiary/aromatic N) is 1. The van der Waals surface area contributed by atoms with E-state index in [0.29, 0.717) is 11.9 Å². The molecule has 2 rings (SSSR count). The maximum absolute atomic E-state index is 13.2. The van der Waals surface area contributed by atoms with Gasteiger partial charge in [0.15, 0.2) is 0 Å². The van der Waals surface area contributed by atoms with E-state index in [2.05, 4.69) is 15.9 Å².